The lowest BCUT2D eigenvalue weighted by Crippen LogP contribution is -2.29. The first kappa shape index (κ1) is 19.0. The number of benzene rings is 2. The minimum Gasteiger partial charge on any atom is -0.333 e. The lowest BCUT2D eigenvalue weighted by Gasteiger charge is -2.12. The molecule has 0 saturated carbocycles. The first-order chi connectivity index (χ1) is 14.2. The Morgan fingerprint density at radius 1 is 1.03 bits per heavy atom. The predicted molar refractivity (Wildman–Crippen MR) is 115 cm³/mol. The van der Waals surface area contributed by atoms with Crippen LogP contribution in [0.25, 0.3) is 17.0 Å². The third kappa shape index (κ3) is 3.96. The Kier molecular flexibility index (Phi) is 5.50. The Bertz CT molecular complexity index is 1140. The molecule has 1 saturated heterocycles. The van der Waals surface area contributed by atoms with E-state index in [1.807, 2.05) is 65.4 Å². The highest BCUT2D eigenvalue weighted by Gasteiger charge is 2.34. The van der Waals surface area contributed by atoms with Crippen molar-refractivity contribution in [1.82, 2.24) is 9.47 Å². The Morgan fingerprint density at radius 2 is 1.79 bits per heavy atom. The monoisotopic (exact) mass is 401 g/mol. The number of hydrogen-bond donors (Lipinski definition) is 0. The average Bonchev–Trinajstić information content (AvgIpc) is 3.21. The Hall–Kier alpha value is -3.30. The molecule has 0 atom stereocenters. The number of rotatable bonds is 6. The summed E-state index contributed by atoms with van der Waals surface area (Å²) in [4.78, 5) is 26.9. The number of imide groups is 1. The van der Waals surface area contributed by atoms with Crippen molar-refractivity contribution in [3.8, 4) is 6.07 Å². The van der Waals surface area contributed by atoms with Gasteiger partial charge in [0.1, 0.15) is 6.54 Å². The zero-order chi connectivity index (χ0) is 20.2. The molecule has 2 aromatic carbocycles. The molecule has 1 aliphatic heterocycles. The molecule has 0 aliphatic carbocycles. The number of carbonyl (C=O) groups is 2. The summed E-state index contributed by atoms with van der Waals surface area (Å²) < 4.78 is 1.85. The van der Waals surface area contributed by atoms with Gasteiger partial charge in [-0.2, -0.15) is 5.26 Å². The first-order valence-corrected chi connectivity index (χ1v) is 10.2. The van der Waals surface area contributed by atoms with Gasteiger partial charge >= 0.3 is 0 Å². The third-order valence-corrected chi connectivity index (χ3v) is 5.82. The molecule has 5 nitrogen and oxygen atoms in total. The van der Waals surface area contributed by atoms with Crippen LogP contribution in [0.1, 0.15) is 17.5 Å². The largest absolute Gasteiger partial charge is 0.333 e. The lowest BCUT2D eigenvalue weighted by molar-refractivity contribution is -0.122. The number of carbonyl (C=O) groups excluding carboxylic acids is 2. The van der Waals surface area contributed by atoms with Crippen LogP contribution in [0.5, 0.6) is 0 Å². The second-order valence-corrected chi connectivity index (χ2v) is 7.80. The fourth-order valence-corrected chi connectivity index (χ4v) is 4.37. The number of amides is 2. The van der Waals surface area contributed by atoms with Crippen molar-refractivity contribution in [3.63, 3.8) is 0 Å². The highest BCUT2D eigenvalue weighted by atomic mass is 32.2. The van der Waals surface area contributed by atoms with Crippen molar-refractivity contribution >= 4 is 39.9 Å². The van der Waals surface area contributed by atoms with Crippen molar-refractivity contribution in [1.29, 1.82) is 5.26 Å². The van der Waals surface area contributed by atoms with Crippen LogP contribution in [0.2, 0.25) is 0 Å². The fraction of sp³-hybridized carbons (Fsp3) is 0.174. The fourth-order valence-electron chi connectivity index (χ4n) is 3.52. The summed E-state index contributed by atoms with van der Waals surface area (Å²) in [6.45, 7) is 0.641. The number of nitrogens with zero attached hydrogens (tertiary/aromatic N) is 3. The molecule has 0 bridgehead atoms. The van der Waals surface area contributed by atoms with E-state index in [1.54, 1.807) is 6.08 Å². The van der Waals surface area contributed by atoms with Crippen LogP contribution >= 0.6 is 11.8 Å². The second-order valence-electron chi connectivity index (χ2n) is 6.81. The number of nitriles is 1. The third-order valence-electron chi connectivity index (χ3n) is 4.91. The first-order valence-electron chi connectivity index (χ1n) is 9.41. The topological polar surface area (TPSA) is 66.1 Å². The molecule has 29 heavy (non-hydrogen) atoms. The number of thioether (sulfide) groups is 1. The zero-order valence-corrected chi connectivity index (χ0v) is 16.6. The van der Waals surface area contributed by atoms with E-state index in [-0.39, 0.29) is 17.7 Å². The van der Waals surface area contributed by atoms with Crippen molar-refractivity contribution < 1.29 is 9.59 Å². The van der Waals surface area contributed by atoms with Crippen LogP contribution in [0.4, 0.5) is 4.79 Å². The van der Waals surface area contributed by atoms with E-state index in [1.165, 1.54) is 10.5 Å². The van der Waals surface area contributed by atoms with Gasteiger partial charge in [-0.3, -0.25) is 14.5 Å². The van der Waals surface area contributed by atoms with Gasteiger partial charge in [0.2, 0.25) is 0 Å². The molecular formula is C23H19N3O2S. The van der Waals surface area contributed by atoms with Gasteiger partial charge in [-0.15, -0.1) is 0 Å². The molecule has 2 amide bonds. The van der Waals surface area contributed by atoms with E-state index in [2.05, 4.69) is 6.07 Å². The van der Waals surface area contributed by atoms with Gasteiger partial charge in [0.15, 0.2) is 0 Å². The molecule has 1 fully saturated rings. The van der Waals surface area contributed by atoms with Crippen molar-refractivity contribution in [2.45, 2.75) is 19.4 Å². The molecule has 6 heteroatoms. The van der Waals surface area contributed by atoms with Crippen molar-refractivity contribution in [2.24, 2.45) is 0 Å². The molecule has 1 aliphatic rings. The average molecular weight is 401 g/mol. The molecule has 0 radical (unpaired) electrons. The Labute approximate surface area is 173 Å². The minimum atomic E-state index is -0.245. The maximum Gasteiger partial charge on any atom is 0.293 e. The van der Waals surface area contributed by atoms with E-state index in [0.29, 0.717) is 11.4 Å². The highest BCUT2D eigenvalue weighted by molar-refractivity contribution is 8.18. The normalized spacial score (nSPS) is 15.4. The van der Waals surface area contributed by atoms with Gasteiger partial charge in [0.25, 0.3) is 11.1 Å². The van der Waals surface area contributed by atoms with Gasteiger partial charge in [-0.05, 0) is 42.3 Å². The summed E-state index contributed by atoms with van der Waals surface area (Å²) in [7, 11) is 0. The van der Waals surface area contributed by atoms with Crippen LogP contribution < -0.4 is 0 Å². The number of aryl methyl sites for hydroxylation is 1. The lowest BCUT2D eigenvalue weighted by atomic mass is 10.1. The minimum absolute atomic E-state index is 0.227. The zero-order valence-electron chi connectivity index (χ0n) is 15.7. The number of fused-ring (bicyclic) bond motifs is 1. The quantitative estimate of drug-likeness (QED) is 0.555. The maximum atomic E-state index is 12.8. The standard InChI is InChI=1S/C23H19N3O2S/c24-12-14-25-16-18(19-10-4-5-11-20(19)25)15-21-22(27)26(23(28)29-21)13-6-9-17-7-2-1-3-8-17/h1-5,7-8,10-11,15-16H,6,9,13-14H2/b21-15+. The number of hydrogen-bond acceptors (Lipinski definition) is 4. The molecule has 3 aromatic rings. The summed E-state index contributed by atoms with van der Waals surface area (Å²) in [6, 6.07) is 19.9. The van der Waals surface area contributed by atoms with Crippen LogP contribution in [-0.2, 0) is 17.8 Å². The Morgan fingerprint density at radius 3 is 2.59 bits per heavy atom. The van der Waals surface area contributed by atoms with E-state index < -0.39 is 0 Å². The number of para-hydroxylation sites is 1. The van der Waals surface area contributed by atoms with Crippen LogP contribution in [-0.4, -0.2) is 27.2 Å². The van der Waals surface area contributed by atoms with E-state index in [9.17, 15) is 9.59 Å². The maximum absolute atomic E-state index is 12.8. The SMILES string of the molecule is N#CCn1cc(/C=C2/SC(=O)N(CCCc3ccccc3)C2=O)c2ccccc21. The summed E-state index contributed by atoms with van der Waals surface area (Å²) in [5, 5.41) is 9.78. The summed E-state index contributed by atoms with van der Waals surface area (Å²) in [5.41, 5.74) is 2.97. The molecular weight excluding hydrogens is 382 g/mol. The van der Waals surface area contributed by atoms with Crippen LogP contribution in [0, 0.1) is 11.3 Å². The van der Waals surface area contributed by atoms with Gasteiger partial charge in [-0.1, -0.05) is 48.5 Å². The summed E-state index contributed by atoms with van der Waals surface area (Å²) >= 11 is 0.978. The van der Waals surface area contributed by atoms with Crippen LogP contribution in [0.3, 0.4) is 0 Å². The van der Waals surface area contributed by atoms with Crippen molar-refractivity contribution in [2.75, 3.05) is 6.54 Å². The molecule has 144 valence electrons. The molecule has 4 rings (SSSR count). The van der Waals surface area contributed by atoms with E-state index in [0.717, 1.165) is 41.1 Å². The van der Waals surface area contributed by atoms with Gasteiger partial charge in [0.05, 0.1) is 11.0 Å². The smallest absolute Gasteiger partial charge is 0.293 e. The highest BCUT2D eigenvalue weighted by Crippen LogP contribution is 2.34. The number of aromatic nitrogens is 1. The molecule has 1 aromatic heterocycles. The van der Waals surface area contributed by atoms with Gasteiger partial charge in [-0.25, -0.2) is 0 Å². The summed E-state index contributed by atoms with van der Waals surface area (Å²) in [6.07, 6.45) is 5.18. The van der Waals surface area contributed by atoms with E-state index in [4.69, 9.17) is 5.26 Å². The predicted octanol–water partition coefficient (Wildman–Crippen LogP) is 4.83. The second kappa shape index (κ2) is 8.38. The molecule has 2 heterocycles. The molecule has 0 spiro atoms. The molecule has 0 N–H and O–H groups in total. The Balaban J connectivity index is 1.52. The summed E-state index contributed by atoms with van der Waals surface area (Å²) in [5.74, 6) is -0.245. The van der Waals surface area contributed by atoms with Gasteiger partial charge in [0, 0.05) is 29.2 Å². The van der Waals surface area contributed by atoms with Crippen molar-refractivity contribution in [3.05, 3.63) is 76.8 Å². The van der Waals surface area contributed by atoms with Crippen LogP contribution in [0.15, 0.2) is 65.7 Å². The molecule has 0 unspecified atom stereocenters. The van der Waals surface area contributed by atoms with E-state index >= 15 is 0 Å². The van der Waals surface area contributed by atoms with Gasteiger partial charge < -0.3 is 4.57 Å².